The van der Waals surface area contributed by atoms with E-state index in [4.69, 9.17) is 15.5 Å². The molecule has 158 valence electrons. The first-order valence-corrected chi connectivity index (χ1v) is 9.81. The predicted octanol–water partition coefficient (Wildman–Crippen LogP) is 3.14. The number of piperidine rings is 1. The van der Waals surface area contributed by atoms with Gasteiger partial charge in [0.2, 0.25) is 5.91 Å². The number of methoxy groups -OCH3 is 1. The van der Waals surface area contributed by atoms with Crippen LogP contribution in [0.5, 0.6) is 5.75 Å². The Bertz CT molecular complexity index is 664. The molecule has 28 heavy (non-hydrogen) atoms. The number of halogens is 1. The smallest absolute Gasteiger partial charge is 0.217 e. The minimum atomic E-state index is -0.219. The molecule has 1 atom stereocenters. The minimum Gasteiger partial charge on any atom is -0.497 e. The first kappa shape index (κ1) is 24.5. The van der Waals surface area contributed by atoms with E-state index >= 15 is 0 Å². The number of benzene rings is 1. The zero-order chi connectivity index (χ0) is 19.9. The third kappa shape index (κ3) is 7.14. The summed E-state index contributed by atoms with van der Waals surface area (Å²) in [5, 5.41) is 3.41. The molecule has 1 amide bonds. The Balaban J connectivity index is 0.00000392. The Morgan fingerprint density at radius 2 is 2.18 bits per heavy atom. The van der Waals surface area contributed by atoms with Crippen molar-refractivity contribution in [1.82, 2.24) is 10.2 Å². The number of hydrogen-bond acceptors (Lipinski definition) is 3. The summed E-state index contributed by atoms with van der Waals surface area (Å²) in [6.45, 7) is 9.74. The molecule has 0 spiro atoms. The van der Waals surface area contributed by atoms with Gasteiger partial charge in [0, 0.05) is 31.5 Å². The highest BCUT2D eigenvalue weighted by molar-refractivity contribution is 14.0. The lowest BCUT2D eigenvalue weighted by atomic mass is 9.84. The summed E-state index contributed by atoms with van der Waals surface area (Å²) in [5.74, 6) is 1.87. The second-order valence-corrected chi connectivity index (χ2v) is 7.91. The fraction of sp³-hybridized carbons (Fsp3) is 0.619. The van der Waals surface area contributed by atoms with Gasteiger partial charge in [0.15, 0.2) is 5.96 Å². The van der Waals surface area contributed by atoms with Crippen molar-refractivity contribution in [1.29, 1.82) is 0 Å². The van der Waals surface area contributed by atoms with E-state index in [1.807, 2.05) is 12.1 Å². The van der Waals surface area contributed by atoms with Crippen LogP contribution in [0.2, 0.25) is 0 Å². The summed E-state index contributed by atoms with van der Waals surface area (Å²) in [6.07, 6.45) is 2.56. The van der Waals surface area contributed by atoms with Gasteiger partial charge in [-0.2, -0.15) is 0 Å². The molecule has 0 saturated carbocycles. The molecule has 2 rings (SSSR count). The third-order valence-corrected chi connectivity index (χ3v) is 5.12. The Morgan fingerprint density at radius 3 is 2.82 bits per heavy atom. The Hall–Kier alpha value is -1.51. The number of nitrogens with zero attached hydrogens (tertiary/aromatic N) is 2. The van der Waals surface area contributed by atoms with E-state index in [0.717, 1.165) is 44.2 Å². The number of aliphatic imine (C=N–C) groups is 1. The molecule has 7 heteroatoms. The lowest BCUT2D eigenvalue weighted by Crippen LogP contribution is -2.47. The molecule has 1 aliphatic rings. The Kier molecular flexibility index (Phi) is 10.1. The molecule has 1 saturated heterocycles. The van der Waals surface area contributed by atoms with Crippen LogP contribution in [0.1, 0.15) is 45.6 Å². The highest BCUT2D eigenvalue weighted by Crippen LogP contribution is 2.27. The van der Waals surface area contributed by atoms with Gasteiger partial charge in [-0.3, -0.25) is 9.79 Å². The molecule has 1 aromatic carbocycles. The number of carbonyl (C=O) groups excluding carboxylic acids is 1. The van der Waals surface area contributed by atoms with Crippen LogP contribution >= 0.6 is 24.0 Å². The number of hydrogen-bond donors (Lipinski definition) is 2. The van der Waals surface area contributed by atoms with E-state index in [2.05, 4.69) is 43.1 Å². The summed E-state index contributed by atoms with van der Waals surface area (Å²) in [5.41, 5.74) is 6.48. The molecule has 1 aromatic rings. The molecule has 0 aliphatic carbocycles. The maximum atomic E-state index is 11.3. The van der Waals surface area contributed by atoms with Crippen molar-refractivity contribution in [3.05, 3.63) is 29.8 Å². The summed E-state index contributed by atoms with van der Waals surface area (Å²) in [6, 6.07) is 8.17. The van der Waals surface area contributed by atoms with Crippen LogP contribution in [0.15, 0.2) is 29.3 Å². The standard InChI is InChI=1S/C21H34N4O2.HI/c1-5-23-20(25-11-7-8-16(14-25)12-19(22)26)24-15-21(2,3)17-9-6-10-18(13-17)27-4;/h6,9-10,13,16H,5,7-8,11-12,14-15H2,1-4H3,(H2,22,26)(H,23,24);1H. The summed E-state index contributed by atoms with van der Waals surface area (Å²) in [7, 11) is 1.69. The number of amides is 1. The monoisotopic (exact) mass is 502 g/mol. The number of nitrogens with one attached hydrogen (secondary N) is 1. The topological polar surface area (TPSA) is 80.0 Å². The van der Waals surface area contributed by atoms with Crippen LogP contribution in [0.3, 0.4) is 0 Å². The molecule has 1 fully saturated rings. The lowest BCUT2D eigenvalue weighted by molar-refractivity contribution is -0.119. The zero-order valence-electron chi connectivity index (χ0n) is 17.5. The van der Waals surface area contributed by atoms with E-state index in [-0.39, 0.29) is 35.3 Å². The fourth-order valence-electron chi connectivity index (χ4n) is 3.54. The molecule has 6 nitrogen and oxygen atoms in total. The second-order valence-electron chi connectivity index (χ2n) is 7.91. The molecule has 1 unspecified atom stereocenters. The number of ether oxygens (including phenoxy) is 1. The van der Waals surface area contributed by atoms with E-state index in [1.54, 1.807) is 7.11 Å². The molecule has 0 radical (unpaired) electrons. The average molecular weight is 502 g/mol. The molecule has 0 aromatic heterocycles. The third-order valence-electron chi connectivity index (χ3n) is 5.12. The van der Waals surface area contributed by atoms with Crippen LogP contribution in [-0.4, -0.2) is 50.1 Å². The van der Waals surface area contributed by atoms with Crippen molar-refractivity contribution in [2.45, 2.75) is 45.4 Å². The number of guanidine groups is 1. The summed E-state index contributed by atoms with van der Waals surface area (Å²) < 4.78 is 5.36. The molecular formula is C21H35IN4O2. The lowest BCUT2D eigenvalue weighted by Gasteiger charge is -2.35. The quantitative estimate of drug-likeness (QED) is 0.341. The van der Waals surface area contributed by atoms with Crippen LogP contribution in [0, 0.1) is 5.92 Å². The van der Waals surface area contributed by atoms with Crippen LogP contribution < -0.4 is 15.8 Å². The average Bonchev–Trinajstić information content (AvgIpc) is 2.65. The largest absolute Gasteiger partial charge is 0.497 e. The van der Waals surface area contributed by atoms with Gasteiger partial charge < -0.3 is 20.7 Å². The van der Waals surface area contributed by atoms with E-state index in [9.17, 15) is 4.79 Å². The highest BCUT2D eigenvalue weighted by atomic mass is 127. The van der Waals surface area contributed by atoms with Gasteiger partial charge >= 0.3 is 0 Å². The second kappa shape index (κ2) is 11.5. The minimum absolute atomic E-state index is 0. The van der Waals surface area contributed by atoms with E-state index in [0.29, 0.717) is 18.9 Å². The molecular weight excluding hydrogens is 467 g/mol. The first-order chi connectivity index (χ1) is 12.9. The number of nitrogens with two attached hydrogens (primary N) is 1. The van der Waals surface area contributed by atoms with Gasteiger partial charge in [0.1, 0.15) is 5.75 Å². The SMILES string of the molecule is CCNC(=NCC(C)(C)c1cccc(OC)c1)N1CCCC(CC(N)=O)C1.I. The number of likely N-dealkylation sites (tertiary alicyclic amines) is 1. The van der Waals surface area contributed by atoms with Crippen molar-refractivity contribution in [2.24, 2.45) is 16.6 Å². The Morgan fingerprint density at radius 1 is 1.43 bits per heavy atom. The molecule has 1 aliphatic heterocycles. The molecule has 1 heterocycles. The van der Waals surface area contributed by atoms with Gasteiger partial charge in [-0.15, -0.1) is 24.0 Å². The van der Waals surface area contributed by atoms with Gasteiger partial charge in [-0.25, -0.2) is 0 Å². The highest BCUT2D eigenvalue weighted by Gasteiger charge is 2.25. The van der Waals surface area contributed by atoms with Crippen LogP contribution in [0.25, 0.3) is 0 Å². The van der Waals surface area contributed by atoms with Crippen LogP contribution in [0.4, 0.5) is 0 Å². The number of rotatable bonds is 7. The Labute approximate surface area is 186 Å². The number of primary amides is 1. The van der Waals surface area contributed by atoms with Crippen molar-refractivity contribution in [3.8, 4) is 5.75 Å². The first-order valence-electron chi connectivity index (χ1n) is 9.81. The number of carbonyl (C=O) groups is 1. The normalized spacial score (nSPS) is 17.6. The van der Waals surface area contributed by atoms with E-state index in [1.165, 1.54) is 5.56 Å². The fourth-order valence-corrected chi connectivity index (χ4v) is 3.54. The summed E-state index contributed by atoms with van der Waals surface area (Å²) >= 11 is 0. The predicted molar refractivity (Wildman–Crippen MR) is 126 cm³/mol. The van der Waals surface area contributed by atoms with Gasteiger partial charge in [-0.1, -0.05) is 26.0 Å². The molecule has 3 N–H and O–H groups in total. The van der Waals surface area contributed by atoms with Crippen molar-refractivity contribution in [3.63, 3.8) is 0 Å². The van der Waals surface area contributed by atoms with E-state index < -0.39 is 0 Å². The maximum Gasteiger partial charge on any atom is 0.217 e. The summed E-state index contributed by atoms with van der Waals surface area (Å²) in [4.78, 5) is 18.5. The van der Waals surface area contributed by atoms with Crippen LogP contribution in [-0.2, 0) is 10.2 Å². The van der Waals surface area contributed by atoms with Gasteiger partial charge in [-0.05, 0) is 43.4 Å². The van der Waals surface area contributed by atoms with Crippen molar-refractivity contribution < 1.29 is 9.53 Å². The van der Waals surface area contributed by atoms with Crippen molar-refractivity contribution in [2.75, 3.05) is 33.3 Å². The zero-order valence-corrected chi connectivity index (χ0v) is 19.9. The van der Waals surface area contributed by atoms with Crippen molar-refractivity contribution >= 4 is 35.8 Å². The van der Waals surface area contributed by atoms with Gasteiger partial charge in [0.05, 0.1) is 13.7 Å². The molecule has 0 bridgehead atoms. The van der Waals surface area contributed by atoms with Gasteiger partial charge in [0.25, 0.3) is 0 Å². The maximum absolute atomic E-state index is 11.3.